The Hall–Kier alpha value is -2.18. The van der Waals surface area contributed by atoms with Gasteiger partial charge in [0.1, 0.15) is 6.04 Å². The topological polar surface area (TPSA) is 66.5 Å². The predicted molar refractivity (Wildman–Crippen MR) is 98.2 cm³/mol. The minimum Gasteiger partial charge on any atom is -0.344 e. The minimum atomic E-state index is -0.569. The van der Waals surface area contributed by atoms with Gasteiger partial charge < -0.3 is 10.2 Å². The van der Waals surface area contributed by atoms with Crippen LogP contribution in [0.5, 0.6) is 0 Å². The number of halogens is 1. The molecule has 7 heteroatoms. The summed E-state index contributed by atoms with van der Waals surface area (Å²) >= 11 is 7.50. The molecule has 1 aliphatic rings. The Morgan fingerprint density at radius 1 is 1.20 bits per heavy atom. The number of carbonyl (C=O) groups is 3. The van der Waals surface area contributed by atoms with Crippen LogP contribution in [-0.4, -0.2) is 30.2 Å². The standard InChI is InChI=1S/C18H17ClN2O3S/c19-12-4-1-2-5-14(12)21-10-9-13(18(21)24)20-17(23)8-7-15(22)16-6-3-11-25-16/h1-6,11,13H,7-10H2,(H,20,23)/t13-/m0/s1. The van der Waals surface area contributed by atoms with E-state index in [4.69, 9.17) is 11.6 Å². The van der Waals surface area contributed by atoms with E-state index in [-0.39, 0.29) is 30.4 Å². The Balaban J connectivity index is 1.53. The Morgan fingerprint density at radius 2 is 2.00 bits per heavy atom. The first-order chi connectivity index (χ1) is 12.1. The molecule has 1 atom stereocenters. The summed E-state index contributed by atoms with van der Waals surface area (Å²) in [7, 11) is 0. The second-order valence-electron chi connectivity index (χ2n) is 5.75. The molecule has 1 aliphatic heterocycles. The molecule has 0 saturated carbocycles. The largest absolute Gasteiger partial charge is 0.344 e. The predicted octanol–water partition coefficient (Wildman–Crippen LogP) is 3.29. The zero-order chi connectivity index (χ0) is 17.8. The molecule has 0 aliphatic carbocycles. The fourth-order valence-electron chi connectivity index (χ4n) is 2.78. The third kappa shape index (κ3) is 4.08. The molecular formula is C18H17ClN2O3S. The van der Waals surface area contributed by atoms with Gasteiger partial charge in [-0.25, -0.2) is 0 Å². The van der Waals surface area contributed by atoms with Crippen LogP contribution in [0.25, 0.3) is 0 Å². The van der Waals surface area contributed by atoms with Crippen molar-refractivity contribution in [3.63, 3.8) is 0 Å². The van der Waals surface area contributed by atoms with Crippen molar-refractivity contribution in [1.29, 1.82) is 0 Å². The zero-order valence-electron chi connectivity index (χ0n) is 13.4. The lowest BCUT2D eigenvalue weighted by Crippen LogP contribution is -2.41. The van der Waals surface area contributed by atoms with Gasteiger partial charge in [-0.1, -0.05) is 29.8 Å². The van der Waals surface area contributed by atoms with E-state index in [1.807, 2.05) is 11.4 Å². The van der Waals surface area contributed by atoms with Gasteiger partial charge in [0.05, 0.1) is 15.6 Å². The average Bonchev–Trinajstić information content (AvgIpc) is 3.25. The average molecular weight is 377 g/mol. The van der Waals surface area contributed by atoms with E-state index in [1.165, 1.54) is 11.3 Å². The van der Waals surface area contributed by atoms with Crippen LogP contribution in [0.3, 0.4) is 0 Å². The second kappa shape index (κ2) is 7.80. The Morgan fingerprint density at radius 3 is 2.72 bits per heavy atom. The SMILES string of the molecule is O=C(CCC(=O)c1cccs1)N[C@H]1CCN(c2ccccc2Cl)C1=O. The monoisotopic (exact) mass is 376 g/mol. The number of Topliss-reactive ketones (excluding diaryl/α,β-unsaturated/α-hetero) is 1. The van der Waals surface area contributed by atoms with Gasteiger partial charge in [-0.2, -0.15) is 0 Å². The van der Waals surface area contributed by atoms with Gasteiger partial charge in [0, 0.05) is 19.4 Å². The maximum Gasteiger partial charge on any atom is 0.249 e. The first-order valence-electron chi connectivity index (χ1n) is 7.98. The van der Waals surface area contributed by atoms with Gasteiger partial charge in [0.25, 0.3) is 0 Å². The summed E-state index contributed by atoms with van der Waals surface area (Å²) < 4.78 is 0. The van der Waals surface area contributed by atoms with Gasteiger partial charge in [-0.15, -0.1) is 11.3 Å². The van der Waals surface area contributed by atoms with Gasteiger partial charge >= 0.3 is 0 Å². The summed E-state index contributed by atoms with van der Waals surface area (Å²) in [5.74, 6) is -0.518. The molecule has 0 unspecified atom stereocenters. The van der Waals surface area contributed by atoms with Crippen molar-refractivity contribution in [2.45, 2.75) is 25.3 Å². The molecule has 2 heterocycles. The Bertz CT molecular complexity index is 791. The van der Waals surface area contributed by atoms with Crippen LogP contribution in [0, 0.1) is 0 Å². The number of anilines is 1. The lowest BCUT2D eigenvalue weighted by atomic mass is 10.1. The molecule has 0 radical (unpaired) electrons. The summed E-state index contributed by atoms with van der Waals surface area (Å²) in [6.07, 6.45) is 0.739. The molecular weight excluding hydrogens is 360 g/mol. The molecule has 1 aromatic heterocycles. The highest BCUT2D eigenvalue weighted by atomic mass is 35.5. The molecule has 25 heavy (non-hydrogen) atoms. The number of para-hydroxylation sites is 1. The highest BCUT2D eigenvalue weighted by Gasteiger charge is 2.34. The van der Waals surface area contributed by atoms with Crippen molar-refractivity contribution in [2.75, 3.05) is 11.4 Å². The van der Waals surface area contributed by atoms with Crippen molar-refractivity contribution in [1.82, 2.24) is 5.32 Å². The second-order valence-corrected chi connectivity index (χ2v) is 7.11. The number of rotatable bonds is 6. The Kier molecular flexibility index (Phi) is 5.50. The highest BCUT2D eigenvalue weighted by Crippen LogP contribution is 2.29. The van der Waals surface area contributed by atoms with Crippen LogP contribution in [0.1, 0.15) is 28.9 Å². The van der Waals surface area contributed by atoms with Crippen LogP contribution in [0.15, 0.2) is 41.8 Å². The third-order valence-corrected chi connectivity index (χ3v) is 5.29. The molecule has 5 nitrogen and oxygen atoms in total. The number of nitrogens with zero attached hydrogens (tertiary/aromatic N) is 1. The lowest BCUT2D eigenvalue weighted by molar-refractivity contribution is -0.126. The summed E-state index contributed by atoms with van der Waals surface area (Å²) in [5.41, 5.74) is 0.652. The fourth-order valence-corrected chi connectivity index (χ4v) is 3.71. The minimum absolute atomic E-state index is 0.0550. The number of hydrogen-bond donors (Lipinski definition) is 1. The van der Waals surface area contributed by atoms with Crippen LogP contribution < -0.4 is 10.2 Å². The third-order valence-electron chi connectivity index (χ3n) is 4.06. The van der Waals surface area contributed by atoms with E-state index in [9.17, 15) is 14.4 Å². The number of ketones is 1. The van der Waals surface area contributed by atoms with E-state index < -0.39 is 6.04 Å². The normalized spacial score (nSPS) is 16.9. The summed E-state index contributed by atoms with van der Waals surface area (Å²) in [4.78, 5) is 38.7. The Labute approximate surface area is 154 Å². The van der Waals surface area contributed by atoms with Gasteiger partial charge in [0.15, 0.2) is 5.78 Å². The number of benzene rings is 1. The molecule has 0 spiro atoms. The van der Waals surface area contributed by atoms with E-state index >= 15 is 0 Å². The molecule has 1 aromatic carbocycles. The number of nitrogens with one attached hydrogen (secondary N) is 1. The van der Waals surface area contributed by atoms with Crippen molar-refractivity contribution in [3.8, 4) is 0 Å². The molecule has 0 bridgehead atoms. The van der Waals surface area contributed by atoms with Crippen molar-refractivity contribution in [2.24, 2.45) is 0 Å². The number of hydrogen-bond acceptors (Lipinski definition) is 4. The lowest BCUT2D eigenvalue weighted by Gasteiger charge is -2.18. The quantitative estimate of drug-likeness (QED) is 0.787. The zero-order valence-corrected chi connectivity index (χ0v) is 15.0. The van der Waals surface area contributed by atoms with Crippen LogP contribution in [0.4, 0.5) is 5.69 Å². The van der Waals surface area contributed by atoms with Crippen LogP contribution in [-0.2, 0) is 9.59 Å². The van der Waals surface area contributed by atoms with Crippen LogP contribution in [0.2, 0.25) is 5.02 Å². The molecule has 1 saturated heterocycles. The molecule has 1 fully saturated rings. The van der Waals surface area contributed by atoms with Gasteiger partial charge in [-0.3, -0.25) is 14.4 Å². The number of amides is 2. The van der Waals surface area contributed by atoms with Crippen molar-refractivity contribution >= 4 is 46.2 Å². The first kappa shape index (κ1) is 17.6. The number of carbonyl (C=O) groups excluding carboxylic acids is 3. The molecule has 1 N–H and O–H groups in total. The van der Waals surface area contributed by atoms with Crippen LogP contribution >= 0.6 is 22.9 Å². The molecule has 2 amide bonds. The van der Waals surface area contributed by atoms with E-state index in [0.29, 0.717) is 28.6 Å². The molecule has 3 rings (SSSR count). The first-order valence-corrected chi connectivity index (χ1v) is 9.24. The molecule has 2 aromatic rings. The maximum absolute atomic E-state index is 12.5. The summed E-state index contributed by atoms with van der Waals surface area (Å²) in [6.45, 7) is 0.502. The highest BCUT2D eigenvalue weighted by molar-refractivity contribution is 7.12. The summed E-state index contributed by atoms with van der Waals surface area (Å²) in [5, 5.41) is 5.06. The van der Waals surface area contributed by atoms with Crippen molar-refractivity contribution < 1.29 is 14.4 Å². The summed E-state index contributed by atoms with van der Waals surface area (Å²) in [6, 6.07) is 10.1. The van der Waals surface area contributed by atoms with E-state index in [1.54, 1.807) is 35.2 Å². The number of thiophene rings is 1. The van der Waals surface area contributed by atoms with Crippen molar-refractivity contribution in [3.05, 3.63) is 51.7 Å². The van der Waals surface area contributed by atoms with E-state index in [0.717, 1.165) is 0 Å². The maximum atomic E-state index is 12.5. The van der Waals surface area contributed by atoms with Gasteiger partial charge in [0.2, 0.25) is 11.8 Å². The smallest absolute Gasteiger partial charge is 0.249 e. The molecule has 130 valence electrons. The van der Waals surface area contributed by atoms with E-state index in [2.05, 4.69) is 5.32 Å². The van der Waals surface area contributed by atoms with Gasteiger partial charge in [-0.05, 0) is 30.0 Å². The fraction of sp³-hybridized carbons (Fsp3) is 0.278.